The van der Waals surface area contributed by atoms with Crippen LogP contribution in [0.5, 0.6) is 5.75 Å². The number of benzene rings is 2. The number of thiophene rings is 1. The molecule has 0 spiro atoms. The fourth-order valence-electron chi connectivity index (χ4n) is 3.69. The van der Waals surface area contributed by atoms with Gasteiger partial charge in [-0.25, -0.2) is 0 Å². The summed E-state index contributed by atoms with van der Waals surface area (Å²) in [6.07, 6.45) is 0. The fourth-order valence-corrected chi connectivity index (χ4v) is 4.55. The summed E-state index contributed by atoms with van der Waals surface area (Å²) in [4.78, 5) is 18.5. The molecule has 1 N–H and O–H groups in total. The van der Waals surface area contributed by atoms with Crippen LogP contribution in [0.3, 0.4) is 0 Å². The first-order valence-electron chi connectivity index (χ1n) is 10.0. The van der Waals surface area contributed by atoms with Gasteiger partial charge in [0.05, 0.1) is 6.04 Å². The van der Waals surface area contributed by atoms with Crippen molar-refractivity contribution in [2.45, 2.75) is 6.04 Å². The average Bonchev–Trinajstić information content (AvgIpc) is 3.28. The zero-order chi connectivity index (χ0) is 20.1. The van der Waals surface area contributed by atoms with Crippen molar-refractivity contribution >= 4 is 28.0 Å². The van der Waals surface area contributed by atoms with Crippen LogP contribution in [-0.4, -0.2) is 62.1 Å². The van der Waals surface area contributed by atoms with Gasteiger partial charge in [-0.1, -0.05) is 36.4 Å². The molecule has 1 aliphatic rings. The second-order valence-corrected chi connectivity index (χ2v) is 8.45. The summed E-state index contributed by atoms with van der Waals surface area (Å²) in [5.74, 6) is 0.626. The molecule has 152 valence electrons. The lowest BCUT2D eigenvalue weighted by Crippen LogP contribution is -2.48. The number of likely N-dealkylation sites (N-methyl/N-ethyl adjacent to an activating group) is 1. The molecule has 1 aromatic heterocycles. The lowest BCUT2D eigenvalue weighted by atomic mass is 10.1. The third kappa shape index (κ3) is 5.15. The maximum absolute atomic E-state index is 12.4. The Morgan fingerprint density at radius 2 is 1.86 bits per heavy atom. The molecule has 0 aliphatic carbocycles. The minimum Gasteiger partial charge on any atom is -0.484 e. The molecule has 5 nitrogen and oxygen atoms in total. The van der Waals surface area contributed by atoms with Gasteiger partial charge in [0.1, 0.15) is 5.75 Å². The van der Waals surface area contributed by atoms with Gasteiger partial charge in [0, 0.05) is 37.6 Å². The van der Waals surface area contributed by atoms with Crippen molar-refractivity contribution in [2.75, 3.05) is 46.4 Å². The molecule has 29 heavy (non-hydrogen) atoms. The lowest BCUT2D eigenvalue weighted by Gasteiger charge is -2.37. The van der Waals surface area contributed by atoms with Crippen LogP contribution >= 0.6 is 11.3 Å². The van der Waals surface area contributed by atoms with Crippen LogP contribution in [-0.2, 0) is 4.79 Å². The highest BCUT2D eigenvalue weighted by Crippen LogP contribution is 2.25. The number of nitrogens with zero attached hydrogens (tertiary/aromatic N) is 2. The molecule has 0 unspecified atom stereocenters. The van der Waals surface area contributed by atoms with Crippen molar-refractivity contribution in [1.29, 1.82) is 0 Å². The molecule has 3 aromatic rings. The molecule has 4 rings (SSSR count). The van der Waals surface area contributed by atoms with Gasteiger partial charge in [-0.05, 0) is 41.4 Å². The van der Waals surface area contributed by atoms with Gasteiger partial charge in [0.25, 0.3) is 5.91 Å². The van der Waals surface area contributed by atoms with Crippen molar-refractivity contribution < 1.29 is 9.53 Å². The molecule has 1 aliphatic heterocycles. The molecule has 0 bridgehead atoms. The highest BCUT2D eigenvalue weighted by atomic mass is 32.1. The van der Waals surface area contributed by atoms with Gasteiger partial charge < -0.3 is 15.0 Å². The van der Waals surface area contributed by atoms with Crippen LogP contribution in [0, 0.1) is 0 Å². The van der Waals surface area contributed by atoms with Crippen LogP contribution in [0.2, 0.25) is 0 Å². The number of nitrogens with one attached hydrogen (secondary N) is 1. The fraction of sp³-hybridized carbons (Fsp3) is 0.348. The van der Waals surface area contributed by atoms with Gasteiger partial charge in [-0.2, -0.15) is 0 Å². The first-order chi connectivity index (χ1) is 14.2. The highest BCUT2D eigenvalue weighted by molar-refractivity contribution is 7.10. The topological polar surface area (TPSA) is 44.8 Å². The van der Waals surface area contributed by atoms with Crippen molar-refractivity contribution in [3.8, 4) is 5.75 Å². The minimum absolute atomic E-state index is 0.0260. The maximum Gasteiger partial charge on any atom is 0.258 e. The van der Waals surface area contributed by atoms with E-state index in [1.165, 1.54) is 4.88 Å². The van der Waals surface area contributed by atoms with E-state index in [1.54, 1.807) is 11.3 Å². The summed E-state index contributed by atoms with van der Waals surface area (Å²) >= 11 is 1.75. The van der Waals surface area contributed by atoms with E-state index in [9.17, 15) is 4.79 Å². The molecule has 1 amide bonds. The quantitative estimate of drug-likeness (QED) is 0.650. The number of piperazine rings is 1. The van der Waals surface area contributed by atoms with E-state index in [4.69, 9.17) is 4.74 Å². The van der Waals surface area contributed by atoms with Gasteiger partial charge >= 0.3 is 0 Å². The third-order valence-corrected chi connectivity index (χ3v) is 6.41. The summed E-state index contributed by atoms with van der Waals surface area (Å²) < 4.78 is 5.73. The van der Waals surface area contributed by atoms with Crippen molar-refractivity contribution in [3.63, 3.8) is 0 Å². The lowest BCUT2D eigenvalue weighted by molar-refractivity contribution is -0.123. The van der Waals surface area contributed by atoms with Gasteiger partial charge in [-0.3, -0.25) is 9.69 Å². The maximum atomic E-state index is 12.4. The van der Waals surface area contributed by atoms with E-state index < -0.39 is 0 Å². The Bertz CT molecular complexity index is 936. The number of hydrogen-bond acceptors (Lipinski definition) is 5. The zero-order valence-electron chi connectivity index (χ0n) is 16.7. The summed E-state index contributed by atoms with van der Waals surface area (Å²) in [5, 5.41) is 7.45. The number of fused-ring (bicyclic) bond motifs is 1. The molecule has 0 radical (unpaired) electrons. The SMILES string of the molecule is CN1CCN([C@H](CNC(=O)COc2ccc3ccccc3c2)c2cccs2)CC1. The number of ether oxygens (including phenoxy) is 1. The Morgan fingerprint density at radius 1 is 1.07 bits per heavy atom. The molecular weight excluding hydrogens is 382 g/mol. The van der Waals surface area contributed by atoms with E-state index in [2.05, 4.69) is 45.7 Å². The van der Waals surface area contributed by atoms with Crippen molar-refractivity contribution in [3.05, 3.63) is 64.9 Å². The van der Waals surface area contributed by atoms with E-state index >= 15 is 0 Å². The molecular formula is C23H27N3O2S. The smallest absolute Gasteiger partial charge is 0.258 e. The Morgan fingerprint density at radius 3 is 2.62 bits per heavy atom. The number of rotatable bonds is 7. The van der Waals surface area contributed by atoms with E-state index in [0.717, 1.165) is 37.0 Å². The predicted octanol–water partition coefficient (Wildman–Crippen LogP) is 3.39. The van der Waals surface area contributed by atoms with E-state index in [-0.39, 0.29) is 18.6 Å². The first-order valence-corrected chi connectivity index (χ1v) is 10.9. The first kappa shape index (κ1) is 19.9. The Hall–Kier alpha value is -2.41. The molecule has 2 heterocycles. The Labute approximate surface area is 175 Å². The second-order valence-electron chi connectivity index (χ2n) is 7.47. The second kappa shape index (κ2) is 9.39. The monoisotopic (exact) mass is 409 g/mol. The average molecular weight is 410 g/mol. The number of hydrogen-bond donors (Lipinski definition) is 1. The summed E-state index contributed by atoms with van der Waals surface area (Å²) in [7, 11) is 2.16. The van der Waals surface area contributed by atoms with E-state index in [1.807, 2.05) is 36.4 Å². The van der Waals surface area contributed by atoms with Crippen LogP contribution < -0.4 is 10.1 Å². The van der Waals surface area contributed by atoms with Crippen LogP contribution in [0.15, 0.2) is 60.0 Å². The highest BCUT2D eigenvalue weighted by Gasteiger charge is 2.25. The number of carbonyl (C=O) groups is 1. The predicted molar refractivity (Wildman–Crippen MR) is 119 cm³/mol. The zero-order valence-corrected chi connectivity index (χ0v) is 17.5. The summed E-state index contributed by atoms with van der Waals surface area (Å²) in [6.45, 7) is 4.77. The summed E-state index contributed by atoms with van der Waals surface area (Å²) in [5.41, 5.74) is 0. The normalized spacial score (nSPS) is 16.6. The number of carbonyl (C=O) groups excluding carboxylic acids is 1. The Balaban J connectivity index is 1.32. The molecule has 6 heteroatoms. The van der Waals surface area contributed by atoms with Gasteiger partial charge in [0.15, 0.2) is 6.61 Å². The molecule has 1 saturated heterocycles. The van der Waals surface area contributed by atoms with Crippen LogP contribution in [0.25, 0.3) is 10.8 Å². The van der Waals surface area contributed by atoms with Gasteiger partial charge in [-0.15, -0.1) is 11.3 Å². The Kier molecular flexibility index (Phi) is 6.44. The van der Waals surface area contributed by atoms with Crippen molar-refractivity contribution in [1.82, 2.24) is 15.1 Å². The molecule has 1 fully saturated rings. The molecule has 2 aromatic carbocycles. The van der Waals surface area contributed by atoms with Crippen LogP contribution in [0.4, 0.5) is 0 Å². The minimum atomic E-state index is -0.0890. The van der Waals surface area contributed by atoms with Crippen molar-refractivity contribution in [2.24, 2.45) is 0 Å². The largest absolute Gasteiger partial charge is 0.484 e. The van der Waals surface area contributed by atoms with E-state index in [0.29, 0.717) is 12.3 Å². The van der Waals surface area contributed by atoms with Gasteiger partial charge in [0.2, 0.25) is 0 Å². The molecule has 1 atom stereocenters. The molecule has 0 saturated carbocycles. The summed E-state index contributed by atoms with van der Waals surface area (Å²) in [6, 6.07) is 18.5. The van der Waals surface area contributed by atoms with Crippen LogP contribution in [0.1, 0.15) is 10.9 Å². The standard InChI is InChI=1S/C23H27N3O2S/c1-25-10-12-26(13-11-25)21(22-7-4-14-29-22)16-24-23(27)17-28-20-9-8-18-5-2-3-6-19(18)15-20/h2-9,14-15,21H,10-13,16-17H2,1H3,(H,24,27)/t21-/m1/s1. The number of amides is 1. The third-order valence-electron chi connectivity index (χ3n) is 5.43.